The van der Waals surface area contributed by atoms with Crippen LogP contribution in [0.15, 0.2) is 34.5 Å². The Kier molecular flexibility index (Phi) is 4.19. The molecule has 0 saturated carbocycles. The molecule has 2 heterocycles. The second kappa shape index (κ2) is 5.71. The highest BCUT2D eigenvalue weighted by molar-refractivity contribution is 8.93. The van der Waals surface area contributed by atoms with Crippen LogP contribution in [0, 0.1) is 17.0 Å². The lowest BCUT2D eigenvalue weighted by Crippen LogP contribution is -2.14. The topological polar surface area (TPSA) is 86.2 Å². The van der Waals surface area contributed by atoms with Gasteiger partial charge >= 0.3 is 0 Å². The molecule has 7 nitrogen and oxygen atoms in total. The van der Waals surface area contributed by atoms with Crippen molar-refractivity contribution in [2.45, 2.75) is 12.1 Å². The SMILES string of the molecule is Br.Cc1nnc2n1N=C(c1cccc([N+](=O)[O-])c1)CS2. The lowest BCUT2D eigenvalue weighted by Gasteiger charge is -2.12. The van der Waals surface area contributed by atoms with Gasteiger partial charge in [-0.15, -0.1) is 27.2 Å². The fraction of sp³-hybridized carbons (Fsp3) is 0.182. The first-order chi connectivity index (χ1) is 9.15. The second-order valence-electron chi connectivity index (χ2n) is 3.98. The first-order valence-corrected chi connectivity index (χ1v) is 6.51. The van der Waals surface area contributed by atoms with Gasteiger partial charge in [-0.2, -0.15) is 9.78 Å². The summed E-state index contributed by atoms with van der Waals surface area (Å²) in [4.78, 5) is 10.4. The number of nitro benzene ring substituents is 1. The average Bonchev–Trinajstić information content (AvgIpc) is 2.80. The molecule has 1 aromatic carbocycles. The van der Waals surface area contributed by atoms with Crippen molar-refractivity contribution >= 4 is 40.1 Å². The van der Waals surface area contributed by atoms with Gasteiger partial charge in [0.15, 0.2) is 5.82 Å². The van der Waals surface area contributed by atoms with E-state index in [1.807, 2.05) is 13.0 Å². The minimum Gasteiger partial charge on any atom is -0.258 e. The molecule has 20 heavy (non-hydrogen) atoms. The van der Waals surface area contributed by atoms with Crippen molar-refractivity contribution in [2.24, 2.45) is 5.10 Å². The lowest BCUT2D eigenvalue weighted by atomic mass is 10.1. The number of rotatable bonds is 2. The van der Waals surface area contributed by atoms with Gasteiger partial charge in [-0.05, 0) is 6.92 Å². The standard InChI is InChI=1S/C11H9N5O2S.BrH/c1-7-12-13-11-15(7)14-10(6-19-11)8-3-2-4-9(5-8)16(17)18;/h2-5H,6H2,1H3;1H. The van der Waals surface area contributed by atoms with Crippen molar-refractivity contribution in [2.75, 3.05) is 5.75 Å². The summed E-state index contributed by atoms with van der Waals surface area (Å²) in [6.45, 7) is 1.82. The van der Waals surface area contributed by atoms with Gasteiger partial charge in [-0.3, -0.25) is 10.1 Å². The molecular formula is C11H10BrN5O2S. The van der Waals surface area contributed by atoms with E-state index in [4.69, 9.17) is 0 Å². The largest absolute Gasteiger partial charge is 0.270 e. The number of nitrogens with zero attached hydrogens (tertiary/aromatic N) is 5. The molecule has 0 radical (unpaired) electrons. The first kappa shape index (κ1) is 14.7. The molecule has 0 amide bonds. The van der Waals surface area contributed by atoms with E-state index in [9.17, 15) is 10.1 Å². The van der Waals surface area contributed by atoms with E-state index in [1.54, 1.807) is 10.7 Å². The number of nitro groups is 1. The van der Waals surface area contributed by atoms with E-state index >= 15 is 0 Å². The van der Waals surface area contributed by atoms with Crippen molar-refractivity contribution < 1.29 is 4.92 Å². The molecule has 0 atom stereocenters. The number of aryl methyl sites for hydroxylation is 1. The molecular weight excluding hydrogens is 346 g/mol. The summed E-state index contributed by atoms with van der Waals surface area (Å²) in [6, 6.07) is 6.48. The van der Waals surface area contributed by atoms with Crippen LogP contribution in [0.5, 0.6) is 0 Å². The monoisotopic (exact) mass is 355 g/mol. The molecule has 0 saturated heterocycles. The Morgan fingerprint density at radius 2 is 2.20 bits per heavy atom. The van der Waals surface area contributed by atoms with Gasteiger partial charge in [0.05, 0.1) is 10.6 Å². The molecule has 9 heteroatoms. The van der Waals surface area contributed by atoms with Crippen LogP contribution in [-0.4, -0.2) is 31.3 Å². The van der Waals surface area contributed by atoms with Crippen molar-refractivity contribution in [1.29, 1.82) is 0 Å². The smallest absolute Gasteiger partial charge is 0.258 e. The predicted octanol–water partition coefficient (Wildman–Crippen LogP) is 2.43. The number of hydrogen-bond acceptors (Lipinski definition) is 6. The number of benzene rings is 1. The summed E-state index contributed by atoms with van der Waals surface area (Å²) in [5.74, 6) is 1.32. The average molecular weight is 356 g/mol. The molecule has 1 aromatic heterocycles. The summed E-state index contributed by atoms with van der Waals surface area (Å²) >= 11 is 1.52. The van der Waals surface area contributed by atoms with E-state index in [1.165, 1.54) is 23.9 Å². The fourth-order valence-electron chi connectivity index (χ4n) is 1.77. The highest BCUT2D eigenvalue weighted by atomic mass is 79.9. The number of non-ortho nitro benzene ring substituents is 1. The van der Waals surface area contributed by atoms with Gasteiger partial charge in [0, 0.05) is 23.4 Å². The summed E-state index contributed by atoms with van der Waals surface area (Å²) in [5, 5.41) is 23.9. The van der Waals surface area contributed by atoms with E-state index in [0.29, 0.717) is 11.6 Å². The zero-order chi connectivity index (χ0) is 13.4. The Hall–Kier alpha value is -1.74. The number of aromatic nitrogens is 3. The third kappa shape index (κ3) is 2.59. The number of fused-ring (bicyclic) bond motifs is 1. The molecule has 1 aliphatic heterocycles. The molecule has 0 N–H and O–H groups in total. The fourth-order valence-corrected chi connectivity index (χ4v) is 2.65. The van der Waals surface area contributed by atoms with Crippen LogP contribution < -0.4 is 0 Å². The minimum absolute atomic E-state index is 0. The Balaban J connectivity index is 0.00000147. The molecule has 104 valence electrons. The lowest BCUT2D eigenvalue weighted by molar-refractivity contribution is -0.384. The highest BCUT2D eigenvalue weighted by Gasteiger charge is 2.19. The van der Waals surface area contributed by atoms with Gasteiger partial charge < -0.3 is 0 Å². The van der Waals surface area contributed by atoms with Crippen LogP contribution in [0.2, 0.25) is 0 Å². The van der Waals surface area contributed by atoms with Gasteiger partial charge in [-0.25, -0.2) is 0 Å². The van der Waals surface area contributed by atoms with Gasteiger partial charge in [-0.1, -0.05) is 23.9 Å². The van der Waals surface area contributed by atoms with Gasteiger partial charge in [0.25, 0.3) is 5.69 Å². The quantitative estimate of drug-likeness (QED) is 0.609. The van der Waals surface area contributed by atoms with Crippen molar-refractivity contribution in [3.05, 3.63) is 45.8 Å². The maximum atomic E-state index is 10.8. The maximum absolute atomic E-state index is 10.8. The molecule has 2 aromatic rings. The molecule has 3 rings (SSSR count). The van der Waals surface area contributed by atoms with Crippen LogP contribution in [-0.2, 0) is 0 Å². The van der Waals surface area contributed by atoms with Crippen LogP contribution in [0.3, 0.4) is 0 Å². The van der Waals surface area contributed by atoms with E-state index in [-0.39, 0.29) is 22.7 Å². The molecule has 0 fully saturated rings. The number of hydrogen-bond donors (Lipinski definition) is 0. The van der Waals surface area contributed by atoms with Crippen molar-refractivity contribution in [3.63, 3.8) is 0 Å². The molecule has 0 bridgehead atoms. The normalized spacial score (nSPS) is 13.2. The Bertz CT molecular complexity index is 700. The molecule has 0 spiro atoms. The van der Waals surface area contributed by atoms with Crippen LogP contribution in [0.4, 0.5) is 5.69 Å². The zero-order valence-corrected chi connectivity index (χ0v) is 12.9. The third-order valence-corrected chi connectivity index (χ3v) is 3.65. The Labute approximate surface area is 129 Å². The first-order valence-electron chi connectivity index (χ1n) is 5.52. The van der Waals surface area contributed by atoms with E-state index in [0.717, 1.165) is 16.4 Å². The summed E-state index contributed by atoms with van der Waals surface area (Å²) in [5.41, 5.74) is 1.60. The van der Waals surface area contributed by atoms with E-state index < -0.39 is 4.92 Å². The zero-order valence-electron chi connectivity index (χ0n) is 10.4. The predicted molar refractivity (Wildman–Crippen MR) is 80.8 cm³/mol. The molecule has 0 unspecified atom stereocenters. The third-order valence-electron chi connectivity index (χ3n) is 2.72. The van der Waals surface area contributed by atoms with Crippen LogP contribution >= 0.6 is 28.7 Å². The Morgan fingerprint density at radius 1 is 1.40 bits per heavy atom. The van der Waals surface area contributed by atoms with Crippen LogP contribution in [0.1, 0.15) is 11.4 Å². The van der Waals surface area contributed by atoms with Crippen LogP contribution in [0.25, 0.3) is 0 Å². The minimum atomic E-state index is -0.407. The summed E-state index contributed by atoms with van der Waals surface area (Å²) in [7, 11) is 0. The van der Waals surface area contributed by atoms with Gasteiger partial charge in [0.1, 0.15) is 0 Å². The maximum Gasteiger partial charge on any atom is 0.270 e. The molecule has 0 aliphatic carbocycles. The van der Waals surface area contributed by atoms with Crippen molar-refractivity contribution in [1.82, 2.24) is 14.9 Å². The van der Waals surface area contributed by atoms with Crippen molar-refractivity contribution in [3.8, 4) is 0 Å². The van der Waals surface area contributed by atoms with Gasteiger partial charge in [0.2, 0.25) is 5.16 Å². The summed E-state index contributed by atoms with van der Waals surface area (Å²) < 4.78 is 1.66. The summed E-state index contributed by atoms with van der Waals surface area (Å²) in [6.07, 6.45) is 0. The van der Waals surface area contributed by atoms with E-state index in [2.05, 4.69) is 15.3 Å². The Morgan fingerprint density at radius 3 is 2.95 bits per heavy atom. The number of halogens is 1. The number of thioether (sulfide) groups is 1. The second-order valence-corrected chi connectivity index (χ2v) is 4.93. The highest BCUT2D eigenvalue weighted by Crippen LogP contribution is 2.24. The molecule has 1 aliphatic rings.